The normalized spacial score (nSPS) is 10.5. The molecule has 0 bridgehead atoms. The summed E-state index contributed by atoms with van der Waals surface area (Å²) in [4.78, 5) is 10.8. The Hall–Kier alpha value is -1.65. The van der Waals surface area contributed by atoms with E-state index in [1.54, 1.807) is 13.8 Å². The molecule has 0 saturated heterocycles. The molecule has 0 radical (unpaired) electrons. The number of carbonyl (C=O) groups excluding carboxylic acids is 1. The van der Waals surface area contributed by atoms with E-state index in [9.17, 15) is 13.6 Å². The summed E-state index contributed by atoms with van der Waals surface area (Å²) in [5, 5.41) is 0. The van der Waals surface area contributed by atoms with Crippen molar-refractivity contribution in [2.45, 2.75) is 20.0 Å². The number of ether oxygens (including phenoxy) is 1. The van der Waals surface area contributed by atoms with Crippen LogP contribution in [-0.2, 0) is 0 Å². The monoisotopic (exact) mass is 215 g/mol. The predicted molar refractivity (Wildman–Crippen MR) is 50.6 cm³/mol. The van der Waals surface area contributed by atoms with Crippen molar-refractivity contribution < 1.29 is 18.3 Å². The van der Waals surface area contributed by atoms with Crippen LogP contribution in [0.3, 0.4) is 0 Å². The Kier molecular flexibility index (Phi) is 3.24. The Labute approximate surface area is 85.8 Å². The van der Waals surface area contributed by atoms with Crippen LogP contribution in [0, 0.1) is 11.6 Å². The molecule has 0 aliphatic heterocycles. The number of benzene rings is 1. The average molecular weight is 215 g/mol. The zero-order chi connectivity index (χ0) is 11.6. The first-order valence-electron chi connectivity index (χ1n) is 4.38. The zero-order valence-corrected chi connectivity index (χ0v) is 8.38. The predicted octanol–water partition coefficient (Wildman–Crippen LogP) is 1.85. The van der Waals surface area contributed by atoms with Gasteiger partial charge in [0.2, 0.25) is 0 Å². The molecule has 1 aromatic rings. The van der Waals surface area contributed by atoms with Crippen molar-refractivity contribution in [3.63, 3.8) is 0 Å². The van der Waals surface area contributed by atoms with Crippen molar-refractivity contribution in [3.8, 4) is 5.75 Å². The first-order valence-corrected chi connectivity index (χ1v) is 4.38. The van der Waals surface area contributed by atoms with Crippen LogP contribution >= 0.6 is 0 Å². The van der Waals surface area contributed by atoms with Gasteiger partial charge in [-0.3, -0.25) is 4.79 Å². The molecular weight excluding hydrogens is 204 g/mol. The average Bonchev–Trinajstić information content (AvgIpc) is 2.09. The van der Waals surface area contributed by atoms with Crippen molar-refractivity contribution in [2.24, 2.45) is 5.73 Å². The number of hydrogen-bond acceptors (Lipinski definition) is 2. The molecule has 1 aromatic carbocycles. The Morgan fingerprint density at radius 1 is 1.40 bits per heavy atom. The van der Waals surface area contributed by atoms with Crippen molar-refractivity contribution >= 4 is 5.91 Å². The Balaban J connectivity index is 3.22. The van der Waals surface area contributed by atoms with Crippen LogP contribution in [0.25, 0.3) is 0 Å². The standard InChI is InChI=1S/C10H11F2NO2/c1-5(2)15-7-4-3-6(11)8(9(7)12)10(13)14/h3-5H,1-2H3,(H2,13,14). The lowest BCUT2D eigenvalue weighted by molar-refractivity contribution is 0.0990. The first-order chi connectivity index (χ1) is 6.93. The summed E-state index contributed by atoms with van der Waals surface area (Å²) >= 11 is 0. The van der Waals surface area contributed by atoms with E-state index in [0.29, 0.717) is 0 Å². The van der Waals surface area contributed by atoms with Crippen LogP contribution in [0.2, 0.25) is 0 Å². The Bertz CT molecular complexity index is 391. The van der Waals surface area contributed by atoms with Crippen LogP contribution in [0.5, 0.6) is 5.75 Å². The molecule has 0 heterocycles. The van der Waals surface area contributed by atoms with Crippen LogP contribution in [-0.4, -0.2) is 12.0 Å². The molecule has 1 rings (SSSR count). The van der Waals surface area contributed by atoms with E-state index in [1.165, 1.54) is 0 Å². The highest BCUT2D eigenvalue weighted by atomic mass is 19.1. The van der Waals surface area contributed by atoms with Gasteiger partial charge in [-0.25, -0.2) is 8.78 Å². The number of rotatable bonds is 3. The van der Waals surface area contributed by atoms with E-state index in [-0.39, 0.29) is 11.9 Å². The molecule has 0 unspecified atom stereocenters. The SMILES string of the molecule is CC(C)Oc1ccc(F)c(C(N)=O)c1F. The lowest BCUT2D eigenvalue weighted by Gasteiger charge is -2.12. The second kappa shape index (κ2) is 4.25. The van der Waals surface area contributed by atoms with Gasteiger partial charge in [-0.2, -0.15) is 0 Å². The van der Waals surface area contributed by atoms with E-state index in [0.717, 1.165) is 12.1 Å². The molecule has 0 aliphatic rings. The lowest BCUT2D eigenvalue weighted by atomic mass is 10.1. The van der Waals surface area contributed by atoms with Gasteiger partial charge in [0.25, 0.3) is 5.91 Å². The number of carbonyl (C=O) groups is 1. The molecule has 15 heavy (non-hydrogen) atoms. The quantitative estimate of drug-likeness (QED) is 0.836. The van der Waals surface area contributed by atoms with Gasteiger partial charge in [-0.15, -0.1) is 0 Å². The van der Waals surface area contributed by atoms with E-state index >= 15 is 0 Å². The van der Waals surface area contributed by atoms with Gasteiger partial charge in [0, 0.05) is 0 Å². The van der Waals surface area contributed by atoms with E-state index in [4.69, 9.17) is 10.5 Å². The molecule has 0 aliphatic carbocycles. The van der Waals surface area contributed by atoms with Crippen LogP contribution in [0.1, 0.15) is 24.2 Å². The molecule has 82 valence electrons. The third-order valence-corrected chi connectivity index (χ3v) is 1.66. The highest BCUT2D eigenvalue weighted by Crippen LogP contribution is 2.23. The van der Waals surface area contributed by atoms with Gasteiger partial charge in [0.15, 0.2) is 11.6 Å². The first kappa shape index (κ1) is 11.4. The van der Waals surface area contributed by atoms with E-state index < -0.39 is 23.1 Å². The fourth-order valence-corrected chi connectivity index (χ4v) is 1.10. The largest absolute Gasteiger partial charge is 0.488 e. The molecule has 0 aromatic heterocycles. The smallest absolute Gasteiger partial charge is 0.254 e. The Morgan fingerprint density at radius 2 is 2.00 bits per heavy atom. The lowest BCUT2D eigenvalue weighted by Crippen LogP contribution is -2.17. The van der Waals surface area contributed by atoms with Gasteiger partial charge < -0.3 is 10.5 Å². The fourth-order valence-electron chi connectivity index (χ4n) is 1.10. The molecule has 0 atom stereocenters. The molecular formula is C10H11F2NO2. The van der Waals surface area contributed by atoms with Crippen LogP contribution < -0.4 is 10.5 Å². The summed E-state index contributed by atoms with van der Waals surface area (Å²) in [6.45, 7) is 3.37. The summed E-state index contributed by atoms with van der Waals surface area (Å²) in [6.07, 6.45) is -0.273. The molecule has 3 nitrogen and oxygen atoms in total. The van der Waals surface area contributed by atoms with Gasteiger partial charge in [-0.05, 0) is 26.0 Å². The highest BCUT2D eigenvalue weighted by Gasteiger charge is 2.19. The summed E-state index contributed by atoms with van der Waals surface area (Å²) < 4.78 is 31.5. The molecule has 5 heteroatoms. The third-order valence-electron chi connectivity index (χ3n) is 1.66. The molecule has 2 N–H and O–H groups in total. The number of halogens is 2. The summed E-state index contributed by atoms with van der Waals surface area (Å²) in [5.41, 5.74) is 4.07. The molecule has 0 spiro atoms. The van der Waals surface area contributed by atoms with Crippen molar-refractivity contribution in [2.75, 3.05) is 0 Å². The maximum atomic E-state index is 13.5. The topological polar surface area (TPSA) is 52.3 Å². The Morgan fingerprint density at radius 3 is 2.47 bits per heavy atom. The van der Waals surface area contributed by atoms with Crippen LogP contribution in [0.4, 0.5) is 8.78 Å². The minimum atomic E-state index is -1.15. The van der Waals surface area contributed by atoms with Crippen molar-refractivity contribution in [3.05, 3.63) is 29.3 Å². The minimum Gasteiger partial charge on any atom is -0.488 e. The molecule has 0 fully saturated rings. The molecule has 0 saturated carbocycles. The van der Waals surface area contributed by atoms with Gasteiger partial charge in [0.05, 0.1) is 6.10 Å². The minimum absolute atomic E-state index is 0.180. The maximum absolute atomic E-state index is 13.5. The van der Waals surface area contributed by atoms with E-state index in [1.807, 2.05) is 0 Å². The number of primary amides is 1. The van der Waals surface area contributed by atoms with E-state index in [2.05, 4.69) is 0 Å². The summed E-state index contributed by atoms with van der Waals surface area (Å²) in [6, 6.07) is 2.07. The number of hydrogen-bond donors (Lipinski definition) is 1. The van der Waals surface area contributed by atoms with Gasteiger partial charge >= 0.3 is 0 Å². The second-order valence-corrected chi connectivity index (χ2v) is 3.27. The summed E-state index contributed by atoms with van der Waals surface area (Å²) in [7, 11) is 0. The van der Waals surface area contributed by atoms with Gasteiger partial charge in [0.1, 0.15) is 11.4 Å². The van der Waals surface area contributed by atoms with Crippen molar-refractivity contribution in [1.29, 1.82) is 0 Å². The second-order valence-electron chi connectivity index (χ2n) is 3.27. The van der Waals surface area contributed by atoms with Gasteiger partial charge in [-0.1, -0.05) is 0 Å². The maximum Gasteiger partial charge on any atom is 0.254 e. The molecule has 1 amide bonds. The third kappa shape index (κ3) is 2.43. The zero-order valence-electron chi connectivity index (χ0n) is 8.38. The van der Waals surface area contributed by atoms with Crippen LogP contribution in [0.15, 0.2) is 12.1 Å². The summed E-state index contributed by atoms with van der Waals surface area (Å²) in [5.74, 6) is -3.38. The number of amides is 1. The fraction of sp³-hybridized carbons (Fsp3) is 0.300. The highest BCUT2D eigenvalue weighted by molar-refractivity contribution is 5.93. The number of nitrogens with two attached hydrogens (primary N) is 1. The van der Waals surface area contributed by atoms with Crippen molar-refractivity contribution in [1.82, 2.24) is 0 Å².